The number of carboxylic acid groups (broad SMARTS) is 1. The van der Waals surface area contributed by atoms with Crippen molar-refractivity contribution in [2.24, 2.45) is 0 Å². The normalized spacial score (nSPS) is 21.3. The number of benzene rings is 2. The number of carbonyl (C=O) groups is 2. The summed E-state index contributed by atoms with van der Waals surface area (Å²) >= 11 is 0. The summed E-state index contributed by atoms with van der Waals surface area (Å²) in [6, 6.07) is 9.82. The number of carbonyl (C=O) groups excluding carboxylic acids is 1. The van der Waals surface area contributed by atoms with E-state index in [9.17, 15) is 30.0 Å². The number of esters is 1. The van der Waals surface area contributed by atoms with Gasteiger partial charge < -0.3 is 25.2 Å². The molecule has 1 heterocycles. The number of hydrogen-bond acceptors (Lipinski definition) is 6. The molecule has 0 spiro atoms. The topological polar surface area (TPSA) is 124 Å². The molecule has 1 aliphatic heterocycles. The molecule has 1 saturated heterocycles. The van der Waals surface area contributed by atoms with E-state index < -0.39 is 29.7 Å². The predicted molar refractivity (Wildman–Crippen MR) is 86.1 cm³/mol. The van der Waals surface area contributed by atoms with Crippen molar-refractivity contribution in [2.75, 3.05) is 0 Å². The van der Waals surface area contributed by atoms with E-state index in [0.717, 1.165) is 0 Å². The fourth-order valence-electron chi connectivity index (χ4n) is 2.72. The van der Waals surface area contributed by atoms with Crippen molar-refractivity contribution in [2.45, 2.75) is 12.0 Å². The number of phenolic OH excluding ortho intramolecular Hbond substituents is 3. The van der Waals surface area contributed by atoms with Gasteiger partial charge in [0.15, 0.2) is 11.5 Å². The van der Waals surface area contributed by atoms with Gasteiger partial charge in [-0.1, -0.05) is 18.2 Å². The zero-order valence-corrected chi connectivity index (χ0v) is 12.8. The molecule has 25 heavy (non-hydrogen) atoms. The Kier molecular flexibility index (Phi) is 4.06. The largest absolute Gasteiger partial charge is 0.508 e. The average Bonchev–Trinajstić information content (AvgIpc) is 2.89. The minimum Gasteiger partial charge on any atom is -0.508 e. The Morgan fingerprint density at radius 2 is 1.68 bits per heavy atom. The molecule has 2 atom stereocenters. The molecule has 128 valence electrons. The smallest absolute Gasteiger partial charge is 0.346 e. The molecule has 0 aromatic heterocycles. The summed E-state index contributed by atoms with van der Waals surface area (Å²) < 4.78 is 4.97. The van der Waals surface area contributed by atoms with Crippen LogP contribution in [0.15, 0.2) is 48.0 Å². The van der Waals surface area contributed by atoms with Crippen LogP contribution in [0.2, 0.25) is 0 Å². The SMILES string of the molecule is O=C1OC(C(=O)O)C(c2ccc(O)c(O)c2)C1=Cc1ccc(O)cc1. The molecule has 7 heteroatoms. The van der Waals surface area contributed by atoms with Crippen LogP contribution in [0, 0.1) is 0 Å². The van der Waals surface area contributed by atoms with E-state index in [0.29, 0.717) is 11.1 Å². The third-order valence-corrected chi connectivity index (χ3v) is 3.92. The summed E-state index contributed by atoms with van der Waals surface area (Å²) in [4.78, 5) is 23.7. The van der Waals surface area contributed by atoms with Gasteiger partial charge in [0.1, 0.15) is 5.75 Å². The van der Waals surface area contributed by atoms with E-state index in [2.05, 4.69) is 0 Å². The van der Waals surface area contributed by atoms with E-state index in [4.69, 9.17) is 4.74 Å². The third-order valence-electron chi connectivity index (χ3n) is 3.92. The van der Waals surface area contributed by atoms with Gasteiger partial charge in [0.05, 0.1) is 5.92 Å². The lowest BCUT2D eigenvalue weighted by atomic mass is 9.87. The number of rotatable bonds is 3. The molecule has 3 rings (SSSR count). The lowest BCUT2D eigenvalue weighted by Crippen LogP contribution is -2.25. The summed E-state index contributed by atoms with van der Waals surface area (Å²) in [5.74, 6) is -3.78. The van der Waals surface area contributed by atoms with Gasteiger partial charge >= 0.3 is 11.9 Å². The fraction of sp³-hybridized carbons (Fsp3) is 0.111. The van der Waals surface area contributed by atoms with Gasteiger partial charge in [-0.2, -0.15) is 0 Å². The van der Waals surface area contributed by atoms with Crippen molar-refractivity contribution >= 4 is 18.0 Å². The first-order valence-electron chi connectivity index (χ1n) is 7.33. The van der Waals surface area contributed by atoms with Gasteiger partial charge in [-0.25, -0.2) is 9.59 Å². The number of aromatic hydroxyl groups is 3. The van der Waals surface area contributed by atoms with Crippen molar-refractivity contribution in [3.8, 4) is 17.2 Å². The number of ether oxygens (including phenoxy) is 1. The molecular formula is C18H14O7. The van der Waals surface area contributed by atoms with Crippen LogP contribution >= 0.6 is 0 Å². The van der Waals surface area contributed by atoms with Crippen LogP contribution in [0.5, 0.6) is 17.2 Å². The van der Waals surface area contributed by atoms with Gasteiger partial charge in [0, 0.05) is 5.57 Å². The molecule has 1 aliphatic rings. The average molecular weight is 342 g/mol. The summed E-state index contributed by atoms with van der Waals surface area (Å²) in [5.41, 5.74) is 0.991. The van der Waals surface area contributed by atoms with Crippen LogP contribution < -0.4 is 0 Å². The Bertz CT molecular complexity index is 867. The Hall–Kier alpha value is -3.48. The van der Waals surface area contributed by atoms with Gasteiger partial charge in [0.25, 0.3) is 0 Å². The van der Waals surface area contributed by atoms with Gasteiger partial charge in [-0.15, -0.1) is 0 Å². The van der Waals surface area contributed by atoms with Crippen molar-refractivity contribution in [1.82, 2.24) is 0 Å². The predicted octanol–water partition coefficient (Wildman–Crippen LogP) is 1.98. The highest BCUT2D eigenvalue weighted by molar-refractivity contribution is 6.01. The summed E-state index contributed by atoms with van der Waals surface area (Å²) in [6.07, 6.45) is 0.0269. The highest BCUT2D eigenvalue weighted by atomic mass is 16.6. The minimum absolute atomic E-state index is 0.0552. The molecule has 2 aromatic carbocycles. The van der Waals surface area contributed by atoms with Crippen molar-refractivity contribution in [1.29, 1.82) is 0 Å². The molecule has 0 radical (unpaired) electrons. The van der Waals surface area contributed by atoms with E-state index in [1.807, 2.05) is 0 Å². The maximum absolute atomic E-state index is 12.2. The quantitative estimate of drug-likeness (QED) is 0.382. The van der Waals surface area contributed by atoms with E-state index in [1.165, 1.54) is 36.4 Å². The van der Waals surface area contributed by atoms with E-state index >= 15 is 0 Å². The zero-order chi connectivity index (χ0) is 18.1. The lowest BCUT2D eigenvalue weighted by Gasteiger charge is -2.15. The first kappa shape index (κ1) is 16.4. The fourth-order valence-corrected chi connectivity index (χ4v) is 2.72. The second-order valence-electron chi connectivity index (χ2n) is 5.58. The van der Waals surface area contributed by atoms with Gasteiger partial charge in [0.2, 0.25) is 6.10 Å². The Balaban J connectivity index is 2.10. The van der Waals surface area contributed by atoms with Crippen LogP contribution in [0.4, 0.5) is 0 Å². The van der Waals surface area contributed by atoms with E-state index in [1.54, 1.807) is 12.1 Å². The summed E-state index contributed by atoms with van der Waals surface area (Å²) in [5, 5.41) is 37.8. The van der Waals surface area contributed by atoms with Crippen molar-refractivity contribution < 1.29 is 34.8 Å². The number of cyclic esters (lactones) is 1. The molecular weight excluding hydrogens is 328 g/mol. The number of carboxylic acids is 1. The van der Waals surface area contributed by atoms with Gasteiger partial charge in [-0.05, 0) is 41.5 Å². The number of aliphatic carboxylic acids is 1. The van der Waals surface area contributed by atoms with Crippen molar-refractivity contribution in [3.63, 3.8) is 0 Å². The molecule has 1 fully saturated rings. The van der Waals surface area contributed by atoms with Crippen LogP contribution in [-0.4, -0.2) is 38.5 Å². The molecule has 7 nitrogen and oxygen atoms in total. The second-order valence-corrected chi connectivity index (χ2v) is 5.58. The maximum atomic E-state index is 12.2. The lowest BCUT2D eigenvalue weighted by molar-refractivity contribution is -0.156. The molecule has 0 bridgehead atoms. The highest BCUT2D eigenvalue weighted by Crippen LogP contribution is 2.40. The van der Waals surface area contributed by atoms with Crippen LogP contribution in [0.3, 0.4) is 0 Å². The first-order chi connectivity index (χ1) is 11.9. The van der Waals surface area contributed by atoms with Crippen LogP contribution in [0.25, 0.3) is 6.08 Å². The third kappa shape index (κ3) is 3.12. The molecule has 0 saturated carbocycles. The van der Waals surface area contributed by atoms with Gasteiger partial charge in [-0.3, -0.25) is 0 Å². The first-order valence-corrected chi connectivity index (χ1v) is 7.33. The number of hydrogen-bond donors (Lipinski definition) is 4. The molecule has 2 unspecified atom stereocenters. The minimum atomic E-state index is -1.44. The number of phenols is 3. The van der Waals surface area contributed by atoms with E-state index in [-0.39, 0.29) is 17.1 Å². The summed E-state index contributed by atoms with van der Waals surface area (Å²) in [6.45, 7) is 0. The Morgan fingerprint density at radius 3 is 2.28 bits per heavy atom. The zero-order valence-electron chi connectivity index (χ0n) is 12.8. The standard InChI is InChI=1S/C18H14O7/c19-11-4-1-9(2-5-11)7-12-15(16(17(22)23)25-18(12)24)10-3-6-13(20)14(21)8-10/h1-8,15-16,19-21H,(H,22,23). The molecule has 2 aromatic rings. The maximum Gasteiger partial charge on any atom is 0.346 e. The molecule has 0 amide bonds. The highest BCUT2D eigenvalue weighted by Gasteiger charge is 2.45. The summed E-state index contributed by atoms with van der Waals surface area (Å²) in [7, 11) is 0. The van der Waals surface area contributed by atoms with Crippen LogP contribution in [0.1, 0.15) is 17.0 Å². The molecule has 4 N–H and O–H groups in total. The monoisotopic (exact) mass is 342 g/mol. The second kappa shape index (κ2) is 6.20. The molecule has 0 aliphatic carbocycles. The Morgan fingerprint density at radius 1 is 1.00 bits per heavy atom. The van der Waals surface area contributed by atoms with Crippen molar-refractivity contribution in [3.05, 3.63) is 59.2 Å². The Labute approximate surface area is 142 Å². The van der Waals surface area contributed by atoms with Crippen LogP contribution in [-0.2, 0) is 14.3 Å².